The van der Waals surface area contributed by atoms with Crippen LogP contribution in [-0.2, 0) is 5.41 Å². The molecular weight excluding hydrogens is 230 g/mol. The predicted octanol–water partition coefficient (Wildman–Crippen LogP) is 4.07. The standard InChI is InChI=1S/C18H25N/c1-15-6-8-17(9-7-15)18(10-5-11-18)16(2)14-19-12-3-4-13-19/h6-9H,2-5,10-14H2,1H3. The molecule has 0 amide bonds. The molecule has 1 saturated heterocycles. The molecule has 0 radical (unpaired) electrons. The molecule has 0 unspecified atom stereocenters. The fourth-order valence-corrected chi connectivity index (χ4v) is 3.61. The van der Waals surface area contributed by atoms with Gasteiger partial charge in [0.1, 0.15) is 0 Å². The van der Waals surface area contributed by atoms with E-state index in [1.165, 1.54) is 61.9 Å². The van der Waals surface area contributed by atoms with Crippen molar-refractivity contribution in [2.45, 2.75) is 44.4 Å². The van der Waals surface area contributed by atoms with Crippen molar-refractivity contribution in [2.75, 3.05) is 19.6 Å². The maximum atomic E-state index is 4.47. The van der Waals surface area contributed by atoms with Crippen LogP contribution in [0.3, 0.4) is 0 Å². The van der Waals surface area contributed by atoms with Gasteiger partial charge in [-0.3, -0.25) is 4.90 Å². The first-order chi connectivity index (χ1) is 9.21. The van der Waals surface area contributed by atoms with Crippen molar-refractivity contribution in [3.63, 3.8) is 0 Å². The van der Waals surface area contributed by atoms with E-state index in [-0.39, 0.29) is 5.41 Å². The summed E-state index contributed by atoms with van der Waals surface area (Å²) in [6.45, 7) is 10.3. The summed E-state index contributed by atoms with van der Waals surface area (Å²) in [4.78, 5) is 2.58. The zero-order valence-electron chi connectivity index (χ0n) is 12.1. The number of aryl methyl sites for hydroxylation is 1. The maximum Gasteiger partial charge on any atom is 0.0199 e. The molecule has 0 atom stereocenters. The van der Waals surface area contributed by atoms with Gasteiger partial charge in [-0.15, -0.1) is 0 Å². The van der Waals surface area contributed by atoms with Crippen molar-refractivity contribution in [3.8, 4) is 0 Å². The largest absolute Gasteiger partial charge is 0.299 e. The lowest BCUT2D eigenvalue weighted by Gasteiger charge is -2.45. The number of likely N-dealkylation sites (tertiary alicyclic amines) is 1. The van der Waals surface area contributed by atoms with E-state index < -0.39 is 0 Å². The van der Waals surface area contributed by atoms with Gasteiger partial charge in [-0.2, -0.15) is 0 Å². The summed E-state index contributed by atoms with van der Waals surface area (Å²) in [6, 6.07) is 9.14. The molecular formula is C18H25N. The molecule has 0 spiro atoms. The van der Waals surface area contributed by atoms with Gasteiger partial charge in [0, 0.05) is 12.0 Å². The third-order valence-corrected chi connectivity index (χ3v) is 5.10. The number of hydrogen-bond donors (Lipinski definition) is 0. The SMILES string of the molecule is C=C(CN1CCCC1)C1(c2ccc(C)cc2)CCC1. The molecule has 0 bridgehead atoms. The molecule has 1 aliphatic carbocycles. The second kappa shape index (κ2) is 5.13. The minimum atomic E-state index is 0.288. The average Bonchev–Trinajstić information content (AvgIpc) is 2.83. The van der Waals surface area contributed by atoms with Crippen LogP contribution in [0.15, 0.2) is 36.4 Å². The second-order valence-electron chi connectivity index (χ2n) is 6.39. The van der Waals surface area contributed by atoms with E-state index in [1.807, 2.05) is 0 Å². The minimum absolute atomic E-state index is 0.288. The fourth-order valence-electron chi connectivity index (χ4n) is 3.61. The highest BCUT2D eigenvalue weighted by Crippen LogP contribution is 2.49. The smallest absolute Gasteiger partial charge is 0.0199 e. The van der Waals surface area contributed by atoms with Gasteiger partial charge in [0.25, 0.3) is 0 Å². The lowest BCUT2D eigenvalue weighted by atomic mass is 9.60. The van der Waals surface area contributed by atoms with Crippen LogP contribution in [0.25, 0.3) is 0 Å². The van der Waals surface area contributed by atoms with Gasteiger partial charge in [-0.1, -0.05) is 48.4 Å². The molecule has 1 nitrogen and oxygen atoms in total. The zero-order chi connectivity index (χ0) is 13.3. The van der Waals surface area contributed by atoms with Gasteiger partial charge in [-0.25, -0.2) is 0 Å². The zero-order valence-corrected chi connectivity index (χ0v) is 12.1. The molecule has 1 heterocycles. The first-order valence-electron chi connectivity index (χ1n) is 7.68. The molecule has 1 saturated carbocycles. The molecule has 2 fully saturated rings. The summed E-state index contributed by atoms with van der Waals surface area (Å²) < 4.78 is 0. The number of nitrogens with zero attached hydrogens (tertiary/aromatic N) is 1. The summed E-state index contributed by atoms with van der Waals surface area (Å²) >= 11 is 0. The quantitative estimate of drug-likeness (QED) is 0.733. The monoisotopic (exact) mass is 255 g/mol. The Labute approximate surface area is 117 Å². The molecule has 1 aliphatic heterocycles. The van der Waals surface area contributed by atoms with Crippen molar-refractivity contribution in [3.05, 3.63) is 47.5 Å². The predicted molar refractivity (Wildman–Crippen MR) is 81.5 cm³/mol. The van der Waals surface area contributed by atoms with E-state index in [1.54, 1.807) is 0 Å². The molecule has 102 valence electrons. The van der Waals surface area contributed by atoms with Crippen LogP contribution in [-0.4, -0.2) is 24.5 Å². The van der Waals surface area contributed by atoms with Crippen LogP contribution in [0.1, 0.15) is 43.2 Å². The third kappa shape index (κ3) is 2.36. The number of hydrogen-bond acceptors (Lipinski definition) is 1. The average molecular weight is 255 g/mol. The van der Waals surface area contributed by atoms with Gasteiger partial charge < -0.3 is 0 Å². The molecule has 2 aliphatic rings. The van der Waals surface area contributed by atoms with Gasteiger partial charge >= 0.3 is 0 Å². The van der Waals surface area contributed by atoms with E-state index in [2.05, 4.69) is 42.7 Å². The maximum absolute atomic E-state index is 4.47. The first kappa shape index (κ1) is 12.9. The highest BCUT2D eigenvalue weighted by Gasteiger charge is 2.41. The van der Waals surface area contributed by atoms with Crippen LogP contribution in [0.5, 0.6) is 0 Å². The fraction of sp³-hybridized carbons (Fsp3) is 0.556. The van der Waals surface area contributed by atoms with Gasteiger partial charge in [0.05, 0.1) is 0 Å². The third-order valence-electron chi connectivity index (χ3n) is 5.10. The number of rotatable bonds is 4. The van der Waals surface area contributed by atoms with Crippen molar-refractivity contribution < 1.29 is 0 Å². The Morgan fingerprint density at radius 2 is 1.74 bits per heavy atom. The normalized spacial score (nSPS) is 22.2. The van der Waals surface area contributed by atoms with Gasteiger partial charge in [0.15, 0.2) is 0 Å². The van der Waals surface area contributed by atoms with E-state index >= 15 is 0 Å². The Morgan fingerprint density at radius 3 is 2.26 bits per heavy atom. The minimum Gasteiger partial charge on any atom is -0.299 e. The van der Waals surface area contributed by atoms with Crippen LogP contribution >= 0.6 is 0 Å². The molecule has 3 rings (SSSR count). The molecule has 1 heteroatoms. The molecule has 0 aromatic heterocycles. The summed E-state index contributed by atoms with van der Waals surface area (Å²) in [5.74, 6) is 0. The van der Waals surface area contributed by atoms with Crippen LogP contribution in [0, 0.1) is 6.92 Å². The summed E-state index contributed by atoms with van der Waals surface area (Å²) in [5, 5.41) is 0. The summed E-state index contributed by atoms with van der Waals surface area (Å²) in [6.07, 6.45) is 6.67. The van der Waals surface area contributed by atoms with Crippen LogP contribution in [0.4, 0.5) is 0 Å². The lowest BCUT2D eigenvalue weighted by molar-refractivity contribution is 0.260. The Morgan fingerprint density at radius 1 is 1.11 bits per heavy atom. The van der Waals surface area contributed by atoms with Crippen molar-refractivity contribution in [1.29, 1.82) is 0 Å². The van der Waals surface area contributed by atoms with E-state index in [0.717, 1.165) is 6.54 Å². The summed E-state index contributed by atoms with van der Waals surface area (Å²) in [7, 11) is 0. The molecule has 1 aromatic carbocycles. The topological polar surface area (TPSA) is 3.24 Å². The lowest BCUT2D eigenvalue weighted by Crippen LogP contribution is -2.40. The van der Waals surface area contributed by atoms with Crippen LogP contribution < -0.4 is 0 Å². The molecule has 0 N–H and O–H groups in total. The van der Waals surface area contributed by atoms with Crippen molar-refractivity contribution in [1.82, 2.24) is 4.90 Å². The van der Waals surface area contributed by atoms with E-state index in [0.29, 0.717) is 0 Å². The number of benzene rings is 1. The Kier molecular flexibility index (Phi) is 3.49. The Bertz CT molecular complexity index is 447. The highest BCUT2D eigenvalue weighted by atomic mass is 15.1. The summed E-state index contributed by atoms with van der Waals surface area (Å²) in [5.41, 5.74) is 4.58. The Hall–Kier alpha value is -1.08. The first-order valence-corrected chi connectivity index (χ1v) is 7.68. The van der Waals surface area contributed by atoms with Crippen molar-refractivity contribution >= 4 is 0 Å². The Balaban J connectivity index is 1.78. The van der Waals surface area contributed by atoms with E-state index in [9.17, 15) is 0 Å². The van der Waals surface area contributed by atoms with Gasteiger partial charge in [-0.05, 0) is 51.3 Å². The van der Waals surface area contributed by atoms with Gasteiger partial charge in [0.2, 0.25) is 0 Å². The molecule has 1 aromatic rings. The second-order valence-corrected chi connectivity index (χ2v) is 6.39. The van der Waals surface area contributed by atoms with E-state index in [4.69, 9.17) is 0 Å². The van der Waals surface area contributed by atoms with Crippen molar-refractivity contribution in [2.24, 2.45) is 0 Å². The highest BCUT2D eigenvalue weighted by molar-refractivity contribution is 5.39. The van der Waals surface area contributed by atoms with Crippen LogP contribution in [0.2, 0.25) is 0 Å². The molecule has 19 heavy (non-hydrogen) atoms.